The van der Waals surface area contributed by atoms with E-state index in [1.54, 1.807) is 48.9 Å². The van der Waals surface area contributed by atoms with Crippen LogP contribution in [0.2, 0.25) is 0 Å². The van der Waals surface area contributed by atoms with Crippen LogP contribution in [0, 0.1) is 25.5 Å². The van der Waals surface area contributed by atoms with Crippen molar-refractivity contribution in [1.29, 1.82) is 0 Å². The van der Waals surface area contributed by atoms with Crippen LogP contribution in [0.4, 0.5) is 8.78 Å². The Morgan fingerprint density at radius 3 is 1.59 bits per heavy atom. The number of hydrogen-bond acceptors (Lipinski definition) is 8. The van der Waals surface area contributed by atoms with Crippen LogP contribution in [0.15, 0.2) is 88.0 Å². The summed E-state index contributed by atoms with van der Waals surface area (Å²) in [6.45, 7) is 3.56. The summed E-state index contributed by atoms with van der Waals surface area (Å²) in [5, 5.41) is 37.1. The summed E-state index contributed by atoms with van der Waals surface area (Å²) in [5.74, 6) is -1.73. The fraction of sp³-hybridized carbons (Fsp3) is 0.0909. The highest BCUT2D eigenvalue weighted by atomic mass is 79.9. The Bertz CT molecular complexity index is 2090. The van der Waals surface area contributed by atoms with Gasteiger partial charge in [-0.2, -0.15) is 19.6 Å². The summed E-state index contributed by atoms with van der Waals surface area (Å²) in [6.07, 6.45) is 0. The predicted octanol–water partition coefficient (Wildman–Crippen LogP) is 8.55. The molecule has 13 heteroatoms. The maximum atomic E-state index is 13.9. The number of thiazole rings is 2. The van der Waals surface area contributed by atoms with E-state index in [9.17, 15) is 19.0 Å². The molecule has 4 aromatic heterocycles. The van der Waals surface area contributed by atoms with Gasteiger partial charge >= 0.3 is 0 Å². The molecule has 0 aliphatic rings. The predicted molar refractivity (Wildman–Crippen MR) is 177 cm³/mol. The van der Waals surface area contributed by atoms with E-state index in [1.165, 1.54) is 56.3 Å². The SMILES string of the molecule is Cc1nn(-c2nc(-c3cccc(F)c3)cs2)c(O)c1C(c1ccc(Br)cc1)c1c(C)nn(-c2nc(-c3cccc(F)c3)cs2)c1O. The van der Waals surface area contributed by atoms with Crippen molar-refractivity contribution in [3.05, 3.63) is 128 Å². The van der Waals surface area contributed by atoms with Crippen LogP contribution in [-0.4, -0.2) is 39.7 Å². The first kappa shape index (κ1) is 30.0. The smallest absolute Gasteiger partial charge is 0.220 e. The average Bonchev–Trinajstić information content (AvgIpc) is 3.83. The number of benzene rings is 3. The molecule has 0 bridgehead atoms. The zero-order valence-electron chi connectivity index (χ0n) is 24.2. The minimum Gasteiger partial charge on any atom is -0.493 e. The fourth-order valence-corrected chi connectivity index (χ4v) is 7.25. The van der Waals surface area contributed by atoms with Crippen LogP contribution in [0.25, 0.3) is 32.8 Å². The molecule has 46 heavy (non-hydrogen) atoms. The number of halogens is 3. The van der Waals surface area contributed by atoms with Gasteiger partial charge in [0, 0.05) is 43.4 Å². The average molecular weight is 718 g/mol. The van der Waals surface area contributed by atoms with E-state index in [4.69, 9.17) is 0 Å². The van der Waals surface area contributed by atoms with Crippen LogP contribution in [0.3, 0.4) is 0 Å². The van der Waals surface area contributed by atoms with Crippen molar-refractivity contribution in [2.45, 2.75) is 19.8 Å². The number of hydrogen-bond donors (Lipinski definition) is 2. The van der Waals surface area contributed by atoms with Crippen LogP contribution in [0.1, 0.15) is 34.0 Å². The van der Waals surface area contributed by atoms with E-state index in [0.29, 0.717) is 55.3 Å². The highest BCUT2D eigenvalue weighted by molar-refractivity contribution is 9.10. The number of nitrogens with zero attached hydrogens (tertiary/aromatic N) is 6. The van der Waals surface area contributed by atoms with E-state index in [2.05, 4.69) is 36.1 Å². The zero-order valence-corrected chi connectivity index (χ0v) is 27.4. The van der Waals surface area contributed by atoms with Gasteiger partial charge in [-0.1, -0.05) is 52.3 Å². The van der Waals surface area contributed by atoms with Crippen LogP contribution in [-0.2, 0) is 0 Å². The number of aromatic nitrogens is 6. The van der Waals surface area contributed by atoms with Crippen molar-refractivity contribution in [3.63, 3.8) is 0 Å². The second-order valence-electron chi connectivity index (χ2n) is 10.5. The quantitative estimate of drug-likeness (QED) is 0.171. The van der Waals surface area contributed by atoms with Crippen molar-refractivity contribution in [3.8, 4) is 44.5 Å². The molecule has 0 amide bonds. The second-order valence-corrected chi connectivity index (χ2v) is 13.1. The van der Waals surface area contributed by atoms with Crippen molar-refractivity contribution in [2.24, 2.45) is 0 Å². The molecule has 0 radical (unpaired) electrons. The third-order valence-corrected chi connectivity index (χ3v) is 9.69. The Morgan fingerprint density at radius 1 is 0.696 bits per heavy atom. The Balaban J connectivity index is 1.34. The summed E-state index contributed by atoms with van der Waals surface area (Å²) < 4.78 is 31.3. The Labute approximate surface area is 278 Å². The Hall–Kier alpha value is -4.72. The van der Waals surface area contributed by atoms with Gasteiger partial charge in [0.15, 0.2) is 0 Å². The Morgan fingerprint density at radius 2 is 1.15 bits per heavy atom. The molecule has 7 aromatic rings. The standard InChI is InChI=1S/C33H23BrF2N6O2S2/c1-17-27(30(43)41(39-17)32-37-25(15-45-32)20-5-3-7-23(35)13-20)29(19-9-11-22(34)12-10-19)28-18(2)40-42(31(28)44)33-38-26(16-46-33)21-6-4-8-24(36)14-21/h3-16,29,43-44H,1-2H3. The fourth-order valence-electron chi connectivity index (χ4n) is 5.41. The monoisotopic (exact) mass is 716 g/mol. The minimum atomic E-state index is -0.680. The third-order valence-electron chi connectivity index (χ3n) is 7.53. The molecule has 230 valence electrons. The van der Waals surface area contributed by atoms with Gasteiger partial charge in [-0.05, 0) is 55.8 Å². The highest BCUT2D eigenvalue weighted by Gasteiger charge is 2.34. The highest BCUT2D eigenvalue weighted by Crippen LogP contribution is 2.45. The van der Waals surface area contributed by atoms with Crippen LogP contribution >= 0.6 is 38.6 Å². The first-order valence-electron chi connectivity index (χ1n) is 13.9. The zero-order chi connectivity index (χ0) is 32.1. The van der Waals surface area contributed by atoms with E-state index in [1.807, 2.05) is 24.3 Å². The molecule has 3 aromatic carbocycles. The molecule has 7 rings (SSSR count). The Kier molecular flexibility index (Phi) is 7.75. The summed E-state index contributed by atoms with van der Waals surface area (Å²) >= 11 is 6.01. The molecule has 0 aliphatic carbocycles. The lowest BCUT2D eigenvalue weighted by Gasteiger charge is -2.18. The maximum Gasteiger partial charge on any atom is 0.220 e. The first-order chi connectivity index (χ1) is 22.2. The first-order valence-corrected chi connectivity index (χ1v) is 16.5. The lowest BCUT2D eigenvalue weighted by Crippen LogP contribution is -2.06. The summed E-state index contributed by atoms with van der Waals surface area (Å²) in [6, 6.07) is 19.8. The van der Waals surface area contributed by atoms with E-state index >= 15 is 0 Å². The van der Waals surface area contributed by atoms with Crippen LogP contribution in [0.5, 0.6) is 11.8 Å². The topological polar surface area (TPSA) is 102 Å². The lowest BCUT2D eigenvalue weighted by molar-refractivity contribution is 0.420. The maximum absolute atomic E-state index is 13.9. The second kappa shape index (κ2) is 11.9. The summed E-state index contributed by atoms with van der Waals surface area (Å²) in [4.78, 5) is 9.25. The molecule has 0 saturated heterocycles. The molecule has 0 aliphatic heterocycles. The molecule has 0 spiro atoms. The van der Waals surface area contributed by atoms with Gasteiger partial charge in [0.05, 0.1) is 22.8 Å². The van der Waals surface area contributed by atoms with Gasteiger partial charge in [-0.3, -0.25) is 0 Å². The molecule has 8 nitrogen and oxygen atoms in total. The van der Waals surface area contributed by atoms with E-state index < -0.39 is 5.92 Å². The summed E-state index contributed by atoms with van der Waals surface area (Å²) in [5.41, 5.74) is 5.04. The summed E-state index contributed by atoms with van der Waals surface area (Å²) in [7, 11) is 0. The van der Waals surface area contributed by atoms with Gasteiger partial charge in [-0.15, -0.1) is 22.7 Å². The third kappa shape index (κ3) is 5.40. The van der Waals surface area contributed by atoms with Gasteiger partial charge < -0.3 is 10.2 Å². The van der Waals surface area contributed by atoms with Crippen molar-refractivity contribution in [2.75, 3.05) is 0 Å². The number of aromatic hydroxyl groups is 2. The molecule has 4 heterocycles. The molecular formula is C33H23BrF2N6O2S2. The van der Waals surface area contributed by atoms with Crippen molar-refractivity contribution in [1.82, 2.24) is 29.5 Å². The van der Waals surface area contributed by atoms with E-state index in [-0.39, 0.29) is 23.4 Å². The van der Waals surface area contributed by atoms with Gasteiger partial charge in [0.2, 0.25) is 22.0 Å². The number of aryl methyl sites for hydroxylation is 2. The molecule has 0 saturated carbocycles. The van der Waals surface area contributed by atoms with Crippen molar-refractivity contribution >= 4 is 38.6 Å². The number of rotatable bonds is 7. The molecular weight excluding hydrogens is 694 g/mol. The van der Waals surface area contributed by atoms with Gasteiger partial charge in [-0.25, -0.2) is 18.7 Å². The minimum absolute atomic E-state index is 0.153. The molecule has 0 fully saturated rings. The van der Waals surface area contributed by atoms with Gasteiger partial charge in [0.25, 0.3) is 0 Å². The molecule has 2 N–H and O–H groups in total. The van der Waals surface area contributed by atoms with E-state index in [0.717, 1.165) is 10.0 Å². The largest absolute Gasteiger partial charge is 0.493 e. The van der Waals surface area contributed by atoms with Gasteiger partial charge in [0.1, 0.15) is 11.6 Å². The van der Waals surface area contributed by atoms with Crippen molar-refractivity contribution < 1.29 is 19.0 Å². The lowest BCUT2D eigenvalue weighted by atomic mass is 9.85. The normalized spacial score (nSPS) is 11.5. The van der Waals surface area contributed by atoms with Crippen LogP contribution < -0.4 is 0 Å². The molecule has 0 atom stereocenters. The molecule has 0 unspecified atom stereocenters.